The number of nitrogens with one attached hydrogen (secondary N) is 1. The summed E-state index contributed by atoms with van der Waals surface area (Å²) in [4.78, 5) is 38.2. The number of benzene rings is 2. The van der Waals surface area contributed by atoms with Crippen molar-refractivity contribution in [1.29, 1.82) is 0 Å². The molecule has 0 heterocycles. The van der Waals surface area contributed by atoms with Gasteiger partial charge in [0.2, 0.25) is 5.91 Å². The van der Waals surface area contributed by atoms with E-state index < -0.39 is 12.1 Å². The third kappa shape index (κ3) is 5.58. The summed E-state index contributed by atoms with van der Waals surface area (Å²) in [5.41, 5.74) is 4.64. The van der Waals surface area contributed by atoms with Crippen LogP contribution in [-0.4, -0.2) is 53.2 Å². The van der Waals surface area contributed by atoms with E-state index in [0.717, 1.165) is 30.4 Å². The van der Waals surface area contributed by atoms with Gasteiger partial charge in [-0.2, -0.15) is 0 Å². The van der Waals surface area contributed by atoms with E-state index in [-0.39, 0.29) is 49.9 Å². The predicted molar refractivity (Wildman–Crippen MR) is 129 cm³/mol. The number of amides is 2. The first-order valence-electron chi connectivity index (χ1n) is 12.1. The van der Waals surface area contributed by atoms with E-state index in [4.69, 9.17) is 9.84 Å². The van der Waals surface area contributed by atoms with Crippen LogP contribution < -0.4 is 5.32 Å². The Morgan fingerprint density at radius 1 is 1.06 bits per heavy atom. The number of nitrogens with zero attached hydrogens (tertiary/aromatic N) is 1. The Labute approximate surface area is 200 Å². The molecule has 2 N–H and O–H groups in total. The summed E-state index contributed by atoms with van der Waals surface area (Å²) in [5.74, 6) is -1.05. The highest BCUT2D eigenvalue weighted by Crippen LogP contribution is 2.44. The normalized spacial score (nSPS) is 15.2. The molecular formula is C27H32N2O5. The van der Waals surface area contributed by atoms with Gasteiger partial charge in [-0.15, -0.1) is 0 Å². The van der Waals surface area contributed by atoms with Crippen molar-refractivity contribution in [3.63, 3.8) is 0 Å². The minimum absolute atomic E-state index is 0.0224. The molecule has 0 bridgehead atoms. The Morgan fingerprint density at radius 3 is 2.24 bits per heavy atom. The molecule has 1 atom stereocenters. The van der Waals surface area contributed by atoms with Crippen LogP contribution in [0.5, 0.6) is 0 Å². The number of fused-ring (bicyclic) bond motifs is 3. The summed E-state index contributed by atoms with van der Waals surface area (Å²) < 4.78 is 5.64. The van der Waals surface area contributed by atoms with Gasteiger partial charge in [0.25, 0.3) is 0 Å². The van der Waals surface area contributed by atoms with Gasteiger partial charge in [-0.3, -0.25) is 9.59 Å². The Morgan fingerprint density at radius 2 is 1.68 bits per heavy atom. The van der Waals surface area contributed by atoms with Crippen LogP contribution in [0.15, 0.2) is 48.5 Å². The smallest absolute Gasteiger partial charge is 0.407 e. The quantitative estimate of drug-likeness (QED) is 0.509. The lowest BCUT2D eigenvalue weighted by Crippen LogP contribution is -2.42. The lowest BCUT2D eigenvalue weighted by Gasteiger charge is -2.25. The number of carbonyl (C=O) groups is 3. The first-order valence-corrected chi connectivity index (χ1v) is 12.1. The number of carboxylic acids is 1. The number of carbonyl (C=O) groups excluding carboxylic acids is 2. The molecule has 2 aromatic carbocycles. The van der Waals surface area contributed by atoms with Crippen LogP contribution in [0.1, 0.15) is 62.5 Å². The van der Waals surface area contributed by atoms with Crippen molar-refractivity contribution in [3.05, 3.63) is 59.7 Å². The van der Waals surface area contributed by atoms with Crippen molar-refractivity contribution in [1.82, 2.24) is 10.2 Å². The summed E-state index contributed by atoms with van der Waals surface area (Å²) >= 11 is 0. The van der Waals surface area contributed by atoms with Crippen LogP contribution in [0.4, 0.5) is 4.79 Å². The van der Waals surface area contributed by atoms with E-state index in [1.807, 2.05) is 31.2 Å². The number of alkyl carbamates (subject to hydrolysis) is 1. The Balaban J connectivity index is 1.35. The molecule has 4 rings (SSSR count). The molecule has 0 radical (unpaired) electrons. The fraction of sp³-hybridized carbons (Fsp3) is 0.444. The minimum atomic E-state index is -0.916. The SMILES string of the molecule is CCC[C@@H](CC(=O)N(CCC(=O)O)C1CC1)NC(=O)OCC1c2ccccc2-c2ccccc21. The molecule has 1 saturated carbocycles. The lowest BCUT2D eigenvalue weighted by atomic mass is 9.98. The molecule has 7 heteroatoms. The maximum Gasteiger partial charge on any atom is 0.407 e. The molecular weight excluding hydrogens is 432 g/mol. The maximum atomic E-state index is 12.9. The van der Waals surface area contributed by atoms with E-state index in [9.17, 15) is 14.4 Å². The number of carboxylic acid groups (broad SMARTS) is 1. The van der Waals surface area contributed by atoms with Crippen LogP contribution >= 0.6 is 0 Å². The zero-order valence-electron chi connectivity index (χ0n) is 19.5. The van der Waals surface area contributed by atoms with Gasteiger partial charge in [0.1, 0.15) is 6.61 Å². The van der Waals surface area contributed by atoms with Gasteiger partial charge in [-0.1, -0.05) is 61.9 Å². The average molecular weight is 465 g/mol. The van der Waals surface area contributed by atoms with Crippen LogP contribution in [0.25, 0.3) is 11.1 Å². The number of hydrogen-bond donors (Lipinski definition) is 2. The molecule has 180 valence electrons. The maximum absolute atomic E-state index is 12.9. The Bertz CT molecular complexity index is 1000. The second-order valence-electron chi connectivity index (χ2n) is 9.12. The van der Waals surface area contributed by atoms with Gasteiger partial charge < -0.3 is 20.1 Å². The summed E-state index contributed by atoms with van der Waals surface area (Å²) in [7, 11) is 0. The summed E-state index contributed by atoms with van der Waals surface area (Å²) in [5, 5.41) is 11.9. The Hall–Kier alpha value is -3.35. The predicted octanol–water partition coefficient (Wildman–Crippen LogP) is 4.55. The molecule has 1 fully saturated rings. The molecule has 34 heavy (non-hydrogen) atoms. The van der Waals surface area contributed by atoms with Gasteiger partial charge in [0, 0.05) is 31.0 Å². The molecule has 2 aliphatic rings. The van der Waals surface area contributed by atoms with Crippen molar-refractivity contribution < 1.29 is 24.2 Å². The van der Waals surface area contributed by atoms with Crippen molar-refractivity contribution in [3.8, 4) is 11.1 Å². The van der Waals surface area contributed by atoms with Gasteiger partial charge in [0.15, 0.2) is 0 Å². The molecule has 2 amide bonds. The Kier molecular flexibility index (Phi) is 7.50. The van der Waals surface area contributed by atoms with Crippen LogP contribution in [0.3, 0.4) is 0 Å². The summed E-state index contributed by atoms with van der Waals surface area (Å²) in [6.07, 6.45) is 2.81. The topological polar surface area (TPSA) is 95.9 Å². The summed E-state index contributed by atoms with van der Waals surface area (Å²) in [6, 6.07) is 16.1. The number of rotatable bonds is 11. The molecule has 7 nitrogen and oxygen atoms in total. The molecule has 0 aromatic heterocycles. The number of aliphatic carboxylic acids is 1. The first-order chi connectivity index (χ1) is 16.5. The van der Waals surface area contributed by atoms with Gasteiger partial charge in [-0.05, 0) is 41.5 Å². The third-order valence-electron chi connectivity index (χ3n) is 6.60. The molecule has 2 aromatic rings. The number of hydrogen-bond acceptors (Lipinski definition) is 4. The van der Waals surface area contributed by atoms with Gasteiger partial charge >= 0.3 is 12.1 Å². The van der Waals surface area contributed by atoms with Crippen molar-refractivity contribution in [2.24, 2.45) is 0 Å². The van der Waals surface area contributed by atoms with E-state index in [1.54, 1.807) is 4.90 Å². The molecule has 0 spiro atoms. The standard InChI is InChI=1S/C27H32N2O5/c1-2-7-18(16-25(30)29(19-12-13-19)15-14-26(31)32)28-27(33)34-17-24-22-10-5-3-8-20(22)21-9-4-6-11-23(21)24/h3-6,8-11,18-19,24H,2,7,12-17H2,1H3,(H,28,33)(H,31,32)/t18-/m0/s1. The second-order valence-corrected chi connectivity index (χ2v) is 9.12. The fourth-order valence-corrected chi connectivity index (χ4v) is 4.82. The van der Waals surface area contributed by atoms with E-state index in [1.165, 1.54) is 11.1 Å². The monoisotopic (exact) mass is 464 g/mol. The van der Waals surface area contributed by atoms with Crippen LogP contribution in [0.2, 0.25) is 0 Å². The van der Waals surface area contributed by atoms with E-state index in [2.05, 4.69) is 29.6 Å². The molecule has 0 unspecified atom stereocenters. The first kappa shape index (κ1) is 23.8. The zero-order valence-corrected chi connectivity index (χ0v) is 19.5. The third-order valence-corrected chi connectivity index (χ3v) is 6.60. The number of ether oxygens (including phenoxy) is 1. The van der Waals surface area contributed by atoms with E-state index in [0.29, 0.717) is 6.42 Å². The second kappa shape index (κ2) is 10.7. The fourth-order valence-electron chi connectivity index (χ4n) is 4.82. The van der Waals surface area contributed by atoms with Gasteiger partial charge in [-0.25, -0.2) is 4.79 Å². The van der Waals surface area contributed by atoms with Crippen molar-refractivity contribution in [2.45, 2.75) is 63.5 Å². The highest BCUT2D eigenvalue weighted by Gasteiger charge is 2.34. The van der Waals surface area contributed by atoms with Gasteiger partial charge in [0.05, 0.1) is 6.42 Å². The highest BCUT2D eigenvalue weighted by molar-refractivity contribution is 5.80. The van der Waals surface area contributed by atoms with Crippen molar-refractivity contribution >= 4 is 18.0 Å². The van der Waals surface area contributed by atoms with Crippen molar-refractivity contribution in [2.75, 3.05) is 13.2 Å². The van der Waals surface area contributed by atoms with Crippen LogP contribution in [-0.2, 0) is 14.3 Å². The highest BCUT2D eigenvalue weighted by atomic mass is 16.5. The zero-order chi connectivity index (χ0) is 24.1. The average Bonchev–Trinajstić information content (AvgIpc) is 3.60. The molecule has 0 aliphatic heterocycles. The molecule has 0 saturated heterocycles. The minimum Gasteiger partial charge on any atom is -0.481 e. The van der Waals surface area contributed by atoms with Crippen LogP contribution in [0, 0.1) is 0 Å². The van der Waals surface area contributed by atoms with E-state index >= 15 is 0 Å². The largest absolute Gasteiger partial charge is 0.481 e. The summed E-state index contributed by atoms with van der Waals surface area (Å²) in [6.45, 7) is 2.43. The molecule has 2 aliphatic carbocycles. The lowest BCUT2D eigenvalue weighted by molar-refractivity contribution is -0.138.